The van der Waals surface area contributed by atoms with Crippen LogP contribution in [0, 0.1) is 52.4 Å². The molecule has 1 saturated carbocycles. The van der Waals surface area contributed by atoms with Gasteiger partial charge in [-0.1, -0.05) is 145 Å². The fraction of sp³-hybridized carbons (Fsp3) is 0.538. The van der Waals surface area contributed by atoms with E-state index in [1.54, 1.807) is 0 Å². The van der Waals surface area contributed by atoms with E-state index in [0.717, 1.165) is 16.6 Å². The summed E-state index contributed by atoms with van der Waals surface area (Å²) < 4.78 is 2.64. The van der Waals surface area contributed by atoms with Gasteiger partial charge < -0.3 is 5.11 Å². The van der Waals surface area contributed by atoms with E-state index in [1.165, 1.54) is 62.0 Å². The monoisotopic (exact) mass is 965 g/mol. The molecule has 2 aromatic heterocycles. The number of fused-ring (bicyclic) bond motifs is 4. The number of carbonyl (C=O) groups excluding carboxylic acids is 1. The number of pyridine rings is 1. The van der Waals surface area contributed by atoms with E-state index in [0.29, 0.717) is 40.4 Å². The average molecular weight is 965 g/mol. The van der Waals surface area contributed by atoms with Gasteiger partial charge >= 0.3 is 0 Å². The fourth-order valence-corrected chi connectivity index (χ4v) is 11.7. The molecule has 3 nitrogen and oxygen atoms in total. The largest absolute Gasteiger partial charge is 0.512 e. The van der Waals surface area contributed by atoms with E-state index in [4.69, 9.17) is 4.98 Å². The normalized spacial score (nSPS) is 16.3. The van der Waals surface area contributed by atoms with Crippen LogP contribution >= 0.6 is 11.3 Å². The molecule has 0 saturated heterocycles. The van der Waals surface area contributed by atoms with Crippen LogP contribution in [0.4, 0.5) is 0 Å². The molecule has 0 aliphatic heterocycles. The summed E-state index contributed by atoms with van der Waals surface area (Å²) in [7, 11) is 0. The summed E-state index contributed by atoms with van der Waals surface area (Å²) in [6.07, 6.45) is 7.29. The summed E-state index contributed by atoms with van der Waals surface area (Å²) in [5, 5.41) is 15.4. The number of hydrogen-bond donors (Lipinski definition) is 1. The molecule has 0 unspecified atom stereocenters. The summed E-state index contributed by atoms with van der Waals surface area (Å²) in [4.78, 5) is 17.3. The van der Waals surface area contributed by atoms with Crippen molar-refractivity contribution in [2.45, 2.75) is 134 Å². The zero-order valence-corrected chi connectivity index (χ0v) is 40.8. The van der Waals surface area contributed by atoms with Crippen molar-refractivity contribution in [2.24, 2.45) is 46.3 Å². The molecular formula is C52H70IrNO2S-. The summed E-state index contributed by atoms with van der Waals surface area (Å²) >= 11 is 1.90. The second-order valence-electron chi connectivity index (χ2n) is 20.9. The van der Waals surface area contributed by atoms with Crippen LogP contribution in [0.25, 0.3) is 42.2 Å². The Kier molecular flexibility index (Phi) is 14.9. The third-order valence-corrected chi connectivity index (χ3v) is 13.3. The maximum Gasteiger partial charge on any atom is 0.162 e. The predicted molar refractivity (Wildman–Crippen MR) is 244 cm³/mol. The smallest absolute Gasteiger partial charge is 0.162 e. The van der Waals surface area contributed by atoms with Crippen LogP contribution in [0.5, 0.6) is 0 Å². The summed E-state index contributed by atoms with van der Waals surface area (Å²) in [5.74, 6) is 2.25. The van der Waals surface area contributed by atoms with Crippen molar-refractivity contribution in [2.75, 3.05) is 0 Å². The Morgan fingerprint density at radius 3 is 1.95 bits per heavy atom. The molecule has 1 aliphatic carbocycles. The number of carbonyl (C=O) groups is 1. The molecule has 0 spiro atoms. The first-order chi connectivity index (χ1) is 26.0. The Morgan fingerprint density at radius 1 is 0.807 bits per heavy atom. The molecule has 0 atom stereocenters. The zero-order chi connectivity index (χ0) is 41.5. The van der Waals surface area contributed by atoms with Crippen molar-refractivity contribution in [1.29, 1.82) is 0 Å². The van der Waals surface area contributed by atoms with Gasteiger partial charge in [0.15, 0.2) is 5.78 Å². The van der Waals surface area contributed by atoms with Crippen LogP contribution in [0.15, 0.2) is 72.6 Å². The third kappa shape index (κ3) is 10.9. The number of hydrogen-bond acceptors (Lipinski definition) is 4. The SMILES string of the molecule is CC(C)C(C(=O)/C=C(\O)C(C(C)C)C(C)C)C(C)C.CC1(C)CC(c2ccc3c(c2)sc2c(-c4[c-]c5ccccc5c(C(C)(C)C)c4)nccc23)CC(C)(C)C1.[Ir]. The van der Waals surface area contributed by atoms with E-state index in [-0.39, 0.29) is 48.9 Å². The zero-order valence-electron chi connectivity index (χ0n) is 37.6. The number of aliphatic hydroxyl groups excluding tert-OH is 1. The Bertz CT molecular complexity index is 2160. The van der Waals surface area contributed by atoms with Gasteiger partial charge in [-0.2, -0.15) is 0 Å². The third-order valence-electron chi connectivity index (χ3n) is 12.1. The molecule has 1 fully saturated rings. The molecule has 5 heteroatoms. The van der Waals surface area contributed by atoms with Gasteiger partial charge in [0, 0.05) is 59.3 Å². The van der Waals surface area contributed by atoms with Gasteiger partial charge in [-0.3, -0.25) is 9.78 Å². The number of allylic oxidation sites excluding steroid dienone is 2. The maximum absolute atomic E-state index is 12.3. The second-order valence-corrected chi connectivity index (χ2v) is 21.9. The second kappa shape index (κ2) is 18.2. The molecule has 0 bridgehead atoms. The van der Waals surface area contributed by atoms with Gasteiger partial charge in [0.2, 0.25) is 0 Å². The number of nitrogens with zero attached hydrogens (tertiary/aromatic N) is 1. The minimum Gasteiger partial charge on any atom is -0.512 e. The van der Waals surface area contributed by atoms with Crippen LogP contribution in [0.1, 0.15) is 140 Å². The number of rotatable bonds is 9. The van der Waals surface area contributed by atoms with Gasteiger partial charge in [-0.15, -0.1) is 40.5 Å². The van der Waals surface area contributed by atoms with Gasteiger partial charge in [0.05, 0.1) is 5.76 Å². The number of benzene rings is 3. The van der Waals surface area contributed by atoms with Crippen molar-refractivity contribution < 1.29 is 30.0 Å². The summed E-state index contributed by atoms with van der Waals surface area (Å²) in [5.41, 5.74) is 5.80. The van der Waals surface area contributed by atoms with Crippen LogP contribution < -0.4 is 0 Å². The van der Waals surface area contributed by atoms with Gasteiger partial charge in [0.25, 0.3) is 0 Å². The van der Waals surface area contributed by atoms with E-state index < -0.39 is 0 Å². The predicted octanol–water partition coefficient (Wildman–Crippen LogP) is 15.5. The van der Waals surface area contributed by atoms with Crippen LogP contribution in [0.3, 0.4) is 0 Å². The number of aromatic nitrogens is 1. The van der Waals surface area contributed by atoms with Crippen LogP contribution in [0.2, 0.25) is 0 Å². The first-order valence-electron chi connectivity index (χ1n) is 21.2. The summed E-state index contributed by atoms with van der Waals surface area (Å²) in [6.45, 7) is 33.3. The number of thiophene rings is 1. The van der Waals surface area contributed by atoms with Crippen molar-refractivity contribution in [3.63, 3.8) is 0 Å². The molecule has 57 heavy (non-hydrogen) atoms. The van der Waals surface area contributed by atoms with Crippen molar-refractivity contribution in [3.05, 3.63) is 89.8 Å². The molecule has 1 radical (unpaired) electrons. The Morgan fingerprint density at radius 2 is 1.39 bits per heavy atom. The fourth-order valence-electron chi connectivity index (χ4n) is 10.4. The van der Waals surface area contributed by atoms with Crippen molar-refractivity contribution in [3.8, 4) is 11.3 Å². The van der Waals surface area contributed by atoms with E-state index in [1.807, 2.05) is 17.5 Å². The molecule has 1 aliphatic rings. The number of aliphatic hydroxyl groups is 1. The quantitative estimate of drug-likeness (QED) is 0.0910. The molecule has 2 heterocycles. The van der Waals surface area contributed by atoms with Crippen LogP contribution in [-0.2, 0) is 30.3 Å². The molecule has 311 valence electrons. The summed E-state index contributed by atoms with van der Waals surface area (Å²) in [6, 6.07) is 24.1. The first kappa shape index (κ1) is 46.8. The van der Waals surface area contributed by atoms with Gasteiger partial charge in [-0.25, -0.2) is 0 Å². The topological polar surface area (TPSA) is 50.2 Å². The van der Waals surface area contributed by atoms with E-state index in [2.05, 4.69) is 165 Å². The van der Waals surface area contributed by atoms with Crippen LogP contribution in [-0.4, -0.2) is 15.9 Å². The van der Waals surface area contributed by atoms with Crippen molar-refractivity contribution >= 4 is 48.1 Å². The standard InChI is InChI=1S/C35H38NS.C17H32O2.Ir/c1-33(2,3)29-17-24(16-23-10-8-9-11-26(23)29)31-32-28(14-15-36-31)27-13-12-22(18-30(27)37-32)25-19-34(4,5)21-35(6,7)20-25;1-10(2)16(11(3)4)14(18)9-15(19)17(12(5)6)13(7)8;/h8-15,17-18,25H,19-21H2,1-7H3;9-13,16-18H,1-8H3;/q-1;;/b;14-9-;. The Balaban J connectivity index is 0.000000309. The maximum atomic E-state index is 12.3. The van der Waals surface area contributed by atoms with E-state index in [9.17, 15) is 9.90 Å². The van der Waals surface area contributed by atoms with Gasteiger partial charge in [-0.05, 0) is 93.6 Å². The Labute approximate surface area is 362 Å². The van der Waals surface area contributed by atoms with Gasteiger partial charge in [0.1, 0.15) is 0 Å². The molecule has 5 aromatic rings. The minimum absolute atomic E-state index is 0. The number of ketones is 1. The first-order valence-corrected chi connectivity index (χ1v) is 22.0. The van der Waals surface area contributed by atoms with E-state index >= 15 is 0 Å². The molecule has 6 rings (SSSR count). The molecule has 0 amide bonds. The Hall–Kier alpha value is -2.85. The molecule has 1 N–H and O–H groups in total. The molecule has 3 aromatic carbocycles. The molecular weight excluding hydrogens is 895 g/mol. The van der Waals surface area contributed by atoms with Crippen molar-refractivity contribution in [1.82, 2.24) is 4.98 Å². The minimum atomic E-state index is -0.0119. The average Bonchev–Trinajstić information content (AvgIpc) is 3.43.